The second-order valence-corrected chi connectivity index (χ2v) is 5.77. The van der Waals surface area contributed by atoms with E-state index in [1.54, 1.807) is 0 Å². The van der Waals surface area contributed by atoms with Crippen molar-refractivity contribution in [2.75, 3.05) is 6.61 Å². The number of carbonyl (C=O) groups is 1. The maximum Gasteiger partial charge on any atom is 0.283 e. The average Bonchev–Trinajstić information content (AvgIpc) is 2.98. The zero-order chi connectivity index (χ0) is 17.5. The summed E-state index contributed by atoms with van der Waals surface area (Å²) in [6.45, 7) is 1.54. The highest BCUT2D eigenvalue weighted by molar-refractivity contribution is 7.14. The Hall–Kier alpha value is -2.81. The molecule has 0 aliphatic heterocycles. The molecular formula is C15H14FN3O4S. The van der Waals surface area contributed by atoms with Gasteiger partial charge in [0, 0.05) is 6.07 Å². The van der Waals surface area contributed by atoms with Crippen LogP contribution in [0.1, 0.15) is 16.7 Å². The molecule has 1 heterocycles. The minimum Gasteiger partial charge on any atom is -0.484 e. The van der Waals surface area contributed by atoms with E-state index in [2.05, 4.69) is 10.5 Å². The van der Waals surface area contributed by atoms with Gasteiger partial charge < -0.3 is 4.74 Å². The molecule has 0 aliphatic rings. The lowest BCUT2D eigenvalue weighted by molar-refractivity contribution is -0.385. The van der Waals surface area contributed by atoms with Gasteiger partial charge in [-0.25, -0.2) is 9.82 Å². The Morgan fingerprint density at radius 3 is 2.75 bits per heavy atom. The van der Waals surface area contributed by atoms with E-state index in [9.17, 15) is 19.3 Å². The van der Waals surface area contributed by atoms with Gasteiger partial charge in [0.25, 0.3) is 11.6 Å². The largest absolute Gasteiger partial charge is 0.484 e. The van der Waals surface area contributed by atoms with Crippen molar-refractivity contribution >= 4 is 29.1 Å². The van der Waals surface area contributed by atoms with Crippen LogP contribution in [-0.4, -0.2) is 23.7 Å². The van der Waals surface area contributed by atoms with Crippen LogP contribution in [0.25, 0.3) is 0 Å². The molecule has 0 saturated carbocycles. The molecule has 0 radical (unpaired) electrons. The van der Waals surface area contributed by atoms with Crippen molar-refractivity contribution in [1.29, 1.82) is 0 Å². The first kappa shape index (κ1) is 17.5. The van der Waals surface area contributed by atoms with E-state index in [1.807, 2.05) is 6.92 Å². The van der Waals surface area contributed by atoms with E-state index < -0.39 is 16.6 Å². The lowest BCUT2D eigenvalue weighted by Gasteiger charge is -2.04. The molecule has 2 aromatic rings. The number of nitrogens with zero attached hydrogens (tertiary/aromatic N) is 2. The smallest absolute Gasteiger partial charge is 0.283 e. The number of rotatable bonds is 7. The first-order valence-corrected chi connectivity index (χ1v) is 7.78. The molecule has 1 aromatic carbocycles. The number of nitro groups is 1. The molecule has 1 N–H and O–H groups in total. The monoisotopic (exact) mass is 351 g/mol. The van der Waals surface area contributed by atoms with Gasteiger partial charge in [-0.1, -0.05) is 6.92 Å². The van der Waals surface area contributed by atoms with Crippen LogP contribution in [-0.2, 0) is 11.2 Å². The molecule has 0 saturated heterocycles. The molecule has 0 unspecified atom stereocenters. The van der Waals surface area contributed by atoms with Crippen LogP contribution in [0.3, 0.4) is 0 Å². The number of hydrogen-bond donors (Lipinski definition) is 1. The standard InChI is InChI=1S/C15H14FN3O4S/c1-2-14-13(19(21)22)7-12(24-14)8-17-18-15(20)9-23-11-5-3-10(16)4-6-11/h3-8H,2,9H2,1H3,(H,18,20)/b17-8-. The van der Waals surface area contributed by atoms with Gasteiger partial charge in [0.1, 0.15) is 11.6 Å². The number of aryl methyl sites for hydroxylation is 1. The number of ether oxygens (including phenoxy) is 1. The fourth-order valence-electron chi connectivity index (χ4n) is 1.79. The number of halogens is 1. The molecule has 0 aliphatic carbocycles. The van der Waals surface area contributed by atoms with Crippen LogP contribution < -0.4 is 10.2 Å². The molecule has 0 atom stereocenters. The predicted molar refractivity (Wildman–Crippen MR) is 88.0 cm³/mol. The van der Waals surface area contributed by atoms with Crippen LogP contribution in [0.2, 0.25) is 0 Å². The highest BCUT2D eigenvalue weighted by atomic mass is 32.1. The van der Waals surface area contributed by atoms with Crippen LogP contribution >= 0.6 is 11.3 Å². The number of nitrogens with one attached hydrogen (secondary N) is 1. The molecule has 0 fully saturated rings. The van der Waals surface area contributed by atoms with E-state index >= 15 is 0 Å². The van der Waals surface area contributed by atoms with Crippen molar-refractivity contribution in [2.45, 2.75) is 13.3 Å². The molecular weight excluding hydrogens is 337 g/mol. The Bertz CT molecular complexity index is 759. The molecule has 2 rings (SSSR count). The maximum atomic E-state index is 12.7. The number of amides is 1. The highest BCUT2D eigenvalue weighted by Crippen LogP contribution is 2.28. The zero-order valence-electron chi connectivity index (χ0n) is 12.7. The predicted octanol–water partition coefficient (Wildman–Crippen LogP) is 2.89. The van der Waals surface area contributed by atoms with Crippen LogP contribution in [0.5, 0.6) is 5.75 Å². The average molecular weight is 351 g/mol. The van der Waals surface area contributed by atoms with Crippen molar-refractivity contribution in [2.24, 2.45) is 5.10 Å². The SMILES string of the molecule is CCc1sc(/C=N\NC(=O)COc2ccc(F)cc2)cc1[N+](=O)[O-]. The minimum atomic E-state index is -0.502. The number of hydrazone groups is 1. The Kier molecular flexibility index (Phi) is 5.96. The van der Waals surface area contributed by atoms with Gasteiger partial charge in [0.2, 0.25) is 0 Å². The van der Waals surface area contributed by atoms with Gasteiger partial charge in [-0.05, 0) is 30.7 Å². The summed E-state index contributed by atoms with van der Waals surface area (Å²) in [6.07, 6.45) is 1.89. The molecule has 7 nitrogen and oxygen atoms in total. The molecule has 126 valence electrons. The third-order valence-electron chi connectivity index (χ3n) is 2.89. The van der Waals surface area contributed by atoms with Crippen LogP contribution in [0.4, 0.5) is 10.1 Å². The third kappa shape index (κ3) is 4.85. The van der Waals surface area contributed by atoms with Crippen LogP contribution in [0.15, 0.2) is 35.4 Å². The molecule has 1 aromatic heterocycles. The first-order chi connectivity index (χ1) is 11.5. The van der Waals surface area contributed by atoms with Crippen LogP contribution in [0, 0.1) is 15.9 Å². The van der Waals surface area contributed by atoms with Gasteiger partial charge in [-0.2, -0.15) is 5.10 Å². The second-order valence-electron chi connectivity index (χ2n) is 4.60. The summed E-state index contributed by atoms with van der Waals surface area (Å²) >= 11 is 1.24. The summed E-state index contributed by atoms with van der Waals surface area (Å²) in [5.41, 5.74) is 2.31. The fourth-order valence-corrected chi connectivity index (χ4v) is 2.73. The van der Waals surface area contributed by atoms with Gasteiger partial charge >= 0.3 is 0 Å². The Morgan fingerprint density at radius 1 is 1.46 bits per heavy atom. The number of hydrogen-bond acceptors (Lipinski definition) is 6. The fraction of sp³-hybridized carbons (Fsp3) is 0.200. The topological polar surface area (TPSA) is 93.8 Å². The molecule has 9 heteroatoms. The number of benzene rings is 1. The third-order valence-corrected chi connectivity index (χ3v) is 4.09. The summed E-state index contributed by atoms with van der Waals surface area (Å²) in [4.78, 5) is 23.2. The number of carbonyl (C=O) groups excluding carboxylic acids is 1. The summed E-state index contributed by atoms with van der Waals surface area (Å²) in [7, 11) is 0. The summed E-state index contributed by atoms with van der Waals surface area (Å²) in [6, 6.07) is 6.67. The molecule has 1 amide bonds. The van der Waals surface area contributed by atoms with Gasteiger partial charge in [-0.3, -0.25) is 14.9 Å². The lowest BCUT2D eigenvalue weighted by Crippen LogP contribution is -2.24. The normalized spacial score (nSPS) is 10.8. The van der Waals surface area contributed by atoms with E-state index in [-0.39, 0.29) is 12.3 Å². The van der Waals surface area contributed by atoms with Crippen molar-refractivity contribution in [3.05, 3.63) is 56.0 Å². The van der Waals surface area contributed by atoms with Crippen molar-refractivity contribution in [1.82, 2.24) is 5.43 Å². The highest BCUT2D eigenvalue weighted by Gasteiger charge is 2.16. The Labute approximate surface area is 140 Å². The quantitative estimate of drug-likeness (QED) is 0.471. The summed E-state index contributed by atoms with van der Waals surface area (Å²) < 4.78 is 17.9. The Morgan fingerprint density at radius 2 is 2.17 bits per heavy atom. The maximum absolute atomic E-state index is 12.7. The van der Waals surface area contributed by atoms with Gasteiger partial charge in [0.05, 0.1) is 20.9 Å². The molecule has 0 bridgehead atoms. The van der Waals surface area contributed by atoms with Crippen molar-refractivity contribution in [3.8, 4) is 5.75 Å². The Balaban J connectivity index is 1.86. The van der Waals surface area contributed by atoms with Gasteiger partial charge in [-0.15, -0.1) is 11.3 Å². The van der Waals surface area contributed by atoms with E-state index in [0.29, 0.717) is 21.9 Å². The van der Waals surface area contributed by atoms with E-state index in [0.717, 1.165) is 0 Å². The van der Waals surface area contributed by atoms with Gasteiger partial charge in [0.15, 0.2) is 6.61 Å². The molecule has 24 heavy (non-hydrogen) atoms. The first-order valence-electron chi connectivity index (χ1n) is 6.97. The number of thiophene rings is 1. The van der Waals surface area contributed by atoms with Crippen molar-refractivity contribution < 1.29 is 18.8 Å². The van der Waals surface area contributed by atoms with E-state index in [1.165, 1.54) is 47.9 Å². The second kappa shape index (κ2) is 8.16. The summed E-state index contributed by atoms with van der Waals surface area (Å²) in [5.74, 6) is -0.540. The van der Waals surface area contributed by atoms with Crippen molar-refractivity contribution in [3.63, 3.8) is 0 Å². The minimum absolute atomic E-state index is 0.0509. The van der Waals surface area contributed by atoms with E-state index in [4.69, 9.17) is 4.74 Å². The zero-order valence-corrected chi connectivity index (χ0v) is 13.5. The lowest BCUT2D eigenvalue weighted by atomic mass is 10.3. The molecule has 0 spiro atoms. The summed E-state index contributed by atoms with van der Waals surface area (Å²) in [5, 5.41) is 14.6.